The maximum absolute atomic E-state index is 12.0. The Hall–Kier alpha value is -2.18. The minimum atomic E-state index is -0.452. The molecule has 0 atom stereocenters. The largest absolute Gasteiger partial charge is 0.370 e. The van der Waals surface area contributed by atoms with Crippen LogP contribution in [0.2, 0.25) is 0 Å². The summed E-state index contributed by atoms with van der Waals surface area (Å²) in [5.74, 6) is 0.713. The van der Waals surface area contributed by atoms with E-state index in [0.29, 0.717) is 24.5 Å². The molecule has 2 heterocycles. The minimum absolute atomic E-state index is 0.00458. The molecule has 0 radical (unpaired) electrons. The number of rotatable bonds is 5. The van der Waals surface area contributed by atoms with Gasteiger partial charge in [0.25, 0.3) is 5.69 Å². The Balaban J connectivity index is 1.81. The molecule has 1 aromatic rings. The van der Waals surface area contributed by atoms with E-state index < -0.39 is 4.92 Å². The lowest BCUT2D eigenvalue weighted by molar-refractivity contribution is -0.385. The minimum Gasteiger partial charge on any atom is -0.370 e. The molecular weight excluding hydrogens is 272 g/mol. The van der Waals surface area contributed by atoms with Crippen LogP contribution in [0.4, 0.5) is 11.5 Å². The fourth-order valence-electron chi connectivity index (χ4n) is 2.44. The SMILES string of the molecule is Cc1nc(NCCC(=O)N2CCCCC2)ccc1[N+](=O)[O-]. The summed E-state index contributed by atoms with van der Waals surface area (Å²) >= 11 is 0. The van der Waals surface area contributed by atoms with Gasteiger partial charge in [0.05, 0.1) is 4.92 Å². The Kier molecular flexibility index (Phi) is 5.08. The van der Waals surface area contributed by atoms with Crippen molar-refractivity contribution in [2.75, 3.05) is 25.0 Å². The summed E-state index contributed by atoms with van der Waals surface area (Å²) < 4.78 is 0. The number of nitro groups is 1. The van der Waals surface area contributed by atoms with Gasteiger partial charge >= 0.3 is 0 Å². The number of carbonyl (C=O) groups is 1. The van der Waals surface area contributed by atoms with Gasteiger partial charge in [-0.2, -0.15) is 0 Å². The molecule has 1 aromatic heterocycles. The number of piperidine rings is 1. The second-order valence-corrected chi connectivity index (χ2v) is 5.18. The molecule has 0 aliphatic carbocycles. The first-order valence-electron chi connectivity index (χ1n) is 7.21. The van der Waals surface area contributed by atoms with E-state index in [2.05, 4.69) is 10.3 Å². The van der Waals surface area contributed by atoms with Crippen molar-refractivity contribution >= 4 is 17.4 Å². The maximum atomic E-state index is 12.0. The van der Waals surface area contributed by atoms with Gasteiger partial charge in [-0.1, -0.05) is 0 Å². The second-order valence-electron chi connectivity index (χ2n) is 5.18. The molecule has 21 heavy (non-hydrogen) atoms. The molecule has 0 saturated carbocycles. The molecule has 1 aliphatic heterocycles. The van der Waals surface area contributed by atoms with Gasteiger partial charge < -0.3 is 10.2 Å². The lowest BCUT2D eigenvalue weighted by Crippen LogP contribution is -2.36. The van der Waals surface area contributed by atoms with Crippen molar-refractivity contribution in [3.05, 3.63) is 27.9 Å². The van der Waals surface area contributed by atoms with Crippen molar-refractivity contribution in [1.82, 2.24) is 9.88 Å². The molecule has 0 aromatic carbocycles. The molecule has 0 bridgehead atoms. The van der Waals surface area contributed by atoms with Crippen LogP contribution in [0.5, 0.6) is 0 Å². The van der Waals surface area contributed by atoms with E-state index in [0.717, 1.165) is 25.9 Å². The van der Waals surface area contributed by atoms with Crippen LogP contribution in [0.3, 0.4) is 0 Å². The molecular formula is C14H20N4O3. The number of carbonyl (C=O) groups excluding carboxylic acids is 1. The highest BCUT2D eigenvalue weighted by Crippen LogP contribution is 2.17. The predicted octanol–water partition coefficient (Wildman–Crippen LogP) is 2.11. The number of aromatic nitrogens is 1. The summed E-state index contributed by atoms with van der Waals surface area (Å²) in [6, 6.07) is 2.99. The zero-order valence-corrected chi connectivity index (χ0v) is 12.2. The standard InChI is InChI=1S/C14H20N4O3/c1-11-12(18(20)21)5-6-13(16-11)15-8-7-14(19)17-9-3-2-4-10-17/h5-6H,2-4,7-10H2,1H3,(H,15,16). The first kappa shape index (κ1) is 15.2. The Labute approximate surface area is 123 Å². The Morgan fingerprint density at radius 2 is 2.10 bits per heavy atom. The quantitative estimate of drug-likeness (QED) is 0.663. The van der Waals surface area contributed by atoms with Crippen LogP contribution < -0.4 is 5.32 Å². The normalized spacial score (nSPS) is 14.8. The number of pyridine rings is 1. The van der Waals surface area contributed by atoms with Gasteiger partial charge in [0, 0.05) is 32.1 Å². The van der Waals surface area contributed by atoms with E-state index in [9.17, 15) is 14.9 Å². The Morgan fingerprint density at radius 1 is 1.38 bits per heavy atom. The van der Waals surface area contributed by atoms with Crippen molar-refractivity contribution < 1.29 is 9.72 Å². The van der Waals surface area contributed by atoms with Crippen LogP contribution >= 0.6 is 0 Å². The highest BCUT2D eigenvalue weighted by Gasteiger charge is 2.16. The van der Waals surface area contributed by atoms with Gasteiger partial charge in [0.1, 0.15) is 11.5 Å². The zero-order chi connectivity index (χ0) is 15.2. The first-order valence-corrected chi connectivity index (χ1v) is 7.21. The maximum Gasteiger partial charge on any atom is 0.290 e. The molecule has 1 saturated heterocycles. The second kappa shape index (κ2) is 7.01. The van der Waals surface area contributed by atoms with Crippen molar-refractivity contribution in [3.63, 3.8) is 0 Å². The number of anilines is 1. The van der Waals surface area contributed by atoms with Crippen LogP contribution in [0.25, 0.3) is 0 Å². The van der Waals surface area contributed by atoms with Crippen molar-refractivity contribution in [3.8, 4) is 0 Å². The molecule has 1 amide bonds. The monoisotopic (exact) mass is 292 g/mol. The van der Waals surface area contributed by atoms with Gasteiger partial charge in [0.15, 0.2) is 0 Å². The third-order valence-electron chi connectivity index (χ3n) is 3.61. The molecule has 0 spiro atoms. The average Bonchev–Trinajstić information content (AvgIpc) is 2.47. The fraction of sp³-hybridized carbons (Fsp3) is 0.571. The summed E-state index contributed by atoms with van der Waals surface area (Å²) in [5.41, 5.74) is 0.373. The first-order chi connectivity index (χ1) is 10.1. The molecule has 7 nitrogen and oxygen atoms in total. The van der Waals surface area contributed by atoms with Crippen molar-refractivity contribution in [2.24, 2.45) is 0 Å². The van der Waals surface area contributed by atoms with E-state index in [1.165, 1.54) is 12.5 Å². The highest BCUT2D eigenvalue weighted by molar-refractivity contribution is 5.76. The Morgan fingerprint density at radius 3 is 2.71 bits per heavy atom. The van der Waals surface area contributed by atoms with Crippen LogP contribution in [0, 0.1) is 17.0 Å². The van der Waals surface area contributed by atoms with Crippen molar-refractivity contribution in [1.29, 1.82) is 0 Å². The van der Waals surface area contributed by atoms with Crippen LogP contribution in [0.15, 0.2) is 12.1 Å². The van der Waals surface area contributed by atoms with Gasteiger partial charge in [0.2, 0.25) is 5.91 Å². The zero-order valence-electron chi connectivity index (χ0n) is 12.2. The number of nitrogens with zero attached hydrogens (tertiary/aromatic N) is 3. The molecule has 1 aliphatic rings. The summed E-state index contributed by atoms with van der Waals surface area (Å²) in [6.45, 7) is 3.79. The Bertz CT molecular complexity index is 527. The molecule has 114 valence electrons. The van der Waals surface area contributed by atoms with Gasteiger partial charge in [-0.15, -0.1) is 0 Å². The van der Waals surface area contributed by atoms with E-state index in [-0.39, 0.29) is 11.6 Å². The highest BCUT2D eigenvalue weighted by atomic mass is 16.6. The molecule has 1 fully saturated rings. The summed E-state index contributed by atoms with van der Waals surface area (Å²) in [7, 11) is 0. The number of aryl methyl sites for hydroxylation is 1. The third kappa shape index (κ3) is 4.14. The van der Waals surface area contributed by atoms with Crippen LogP contribution in [-0.4, -0.2) is 40.3 Å². The van der Waals surface area contributed by atoms with E-state index in [4.69, 9.17) is 0 Å². The molecule has 1 N–H and O–H groups in total. The summed E-state index contributed by atoms with van der Waals surface area (Å²) in [4.78, 5) is 28.3. The molecule has 0 unspecified atom stereocenters. The van der Waals surface area contributed by atoms with Gasteiger partial charge in [-0.25, -0.2) is 4.98 Å². The molecule has 7 heteroatoms. The number of nitrogens with one attached hydrogen (secondary N) is 1. The van der Waals surface area contributed by atoms with Crippen LogP contribution in [0.1, 0.15) is 31.4 Å². The lowest BCUT2D eigenvalue weighted by Gasteiger charge is -2.26. The number of likely N-dealkylation sites (tertiary alicyclic amines) is 1. The summed E-state index contributed by atoms with van der Waals surface area (Å²) in [6.07, 6.45) is 3.79. The van der Waals surface area contributed by atoms with Gasteiger partial charge in [-0.3, -0.25) is 14.9 Å². The topological polar surface area (TPSA) is 88.4 Å². The lowest BCUT2D eigenvalue weighted by atomic mass is 10.1. The third-order valence-corrected chi connectivity index (χ3v) is 3.61. The predicted molar refractivity (Wildman–Crippen MR) is 79.2 cm³/mol. The number of hydrogen-bond donors (Lipinski definition) is 1. The van der Waals surface area contributed by atoms with Crippen LogP contribution in [-0.2, 0) is 4.79 Å². The smallest absolute Gasteiger partial charge is 0.290 e. The summed E-state index contributed by atoms with van der Waals surface area (Å²) in [5, 5.41) is 13.7. The van der Waals surface area contributed by atoms with E-state index in [1.807, 2.05) is 4.90 Å². The van der Waals surface area contributed by atoms with Crippen molar-refractivity contribution in [2.45, 2.75) is 32.6 Å². The van der Waals surface area contributed by atoms with Gasteiger partial charge in [-0.05, 0) is 32.3 Å². The van der Waals surface area contributed by atoms with E-state index >= 15 is 0 Å². The number of amides is 1. The van der Waals surface area contributed by atoms with E-state index in [1.54, 1.807) is 13.0 Å². The fourth-order valence-corrected chi connectivity index (χ4v) is 2.44. The average molecular weight is 292 g/mol. The molecule has 2 rings (SSSR count). The number of hydrogen-bond acceptors (Lipinski definition) is 5.